The standard InChI is InChI=1S/C18H17F4NO5S/c19-14-4-6-15(7-5-14)27-10-11-28-17(24)8-9-23-29(25,26)16-3-1-2-13(12-16)18(20,21)22/h1-7,12,23H,8-11H2. The van der Waals surface area contributed by atoms with Crippen LogP contribution in [0.25, 0.3) is 0 Å². The molecule has 11 heteroatoms. The van der Waals surface area contributed by atoms with Gasteiger partial charge in [-0.25, -0.2) is 17.5 Å². The van der Waals surface area contributed by atoms with E-state index in [2.05, 4.69) is 0 Å². The summed E-state index contributed by atoms with van der Waals surface area (Å²) in [5.41, 5.74) is -1.10. The molecule has 0 heterocycles. The lowest BCUT2D eigenvalue weighted by Crippen LogP contribution is -2.27. The van der Waals surface area contributed by atoms with E-state index >= 15 is 0 Å². The predicted molar refractivity (Wildman–Crippen MR) is 94.1 cm³/mol. The monoisotopic (exact) mass is 435 g/mol. The van der Waals surface area contributed by atoms with Gasteiger partial charge in [0.15, 0.2) is 0 Å². The van der Waals surface area contributed by atoms with E-state index in [0.717, 1.165) is 18.2 Å². The number of hydrogen-bond donors (Lipinski definition) is 1. The van der Waals surface area contributed by atoms with E-state index in [1.54, 1.807) is 0 Å². The van der Waals surface area contributed by atoms with Crippen LogP contribution in [0.3, 0.4) is 0 Å². The molecule has 2 aromatic carbocycles. The topological polar surface area (TPSA) is 81.7 Å². The van der Waals surface area contributed by atoms with Crippen molar-refractivity contribution in [3.63, 3.8) is 0 Å². The molecule has 0 bridgehead atoms. The van der Waals surface area contributed by atoms with Gasteiger partial charge in [-0.05, 0) is 42.5 Å². The third-order valence-corrected chi connectivity index (χ3v) is 4.98. The van der Waals surface area contributed by atoms with Crippen molar-refractivity contribution in [1.29, 1.82) is 0 Å². The van der Waals surface area contributed by atoms with Crippen molar-refractivity contribution >= 4 is 16.0 Å². The molecule has 2 aromatic rings. The Morgan fingerprint density at radius 2 is 1.72 bits per heavy atom. The van der Waals surface area contributed by atoms with Crippen LogP contribution in [0.5, 0.6) is 5.75 Å². The average Bonchev–Trinajstić information content (AvgIpc) is 2.66. The molecule has 0 fully saturated rings. The van der Waals surface area contributed by atoms with Gasteiger partial charge in [0.25, 0.3) is 0 Å². The zero-order chi connectivity index (χ0) is 21.5. The highest BCUT2D eigenvalue weighted by molar-refractivity contribution is 7.89. The van der Waals surface area contributed by atoms with Crippen LogP contribution >= 0.6 is 0 Å². The molecule has 158 valence electrons. The van der Waals surface area contributed by atoms with E-state index in [1.807, 2.05) is 4.72 Å². The molecular weight excluding hydrogens is 418 g/mol. The first-order valence-corrected chi connectivity index (χ1v) is 9.77. The zero-order valence-corrected chi connectivity index (χ0v) is 15.7. The highest BCUT2D eigenvalue weighted by Crippen LogP contribution is 2.30. The zero-order valence-electron chi connectivity index (χ0n) is 14.9. The summed E-state index contributed by atoms with van der Waals surface area (Å²) in [6, 6.07) is 8.47. The number of rotatable bonds is 9. The molecule has 2 rings (SSSR count). The maximum atomic E-state index is 12.7. The smallest absolute Gasteiger partial charge is 0.416 e. The number of carbonyl (C=O) groups is 1. The van der Waals surface area contributed by atoms with Gasteiger partial charge in [0.1, 0.15) is 24.8 Å². The van der Waals surface area contributed by atoms with Gasteiger partial charge >= 0.3 is 12.1 Å². The van der Waals surface area contributed by atoms with Crippen molar-refractivity contribution in [3.05, 3.63) is 59.9 Å². The van der Waals surface area contributed by atoms with Gasteiger partial charge in [-0.15, -0.1) is 0 Å². The van der Waals surface area contributed by atoms with E-state index in [-0.39, 0.29) is 26.2 Å². The molecule has 0 saturated carbocycles. The van der Waals surface area contributed by atoms with E-state index in [0.29, 0.717) is 11.8 Å². The quantitative estimate of drug-likeness (QED) is 0.372. The first kappa shape index (κ1) is 22.6. The summed E-state index contributed by atoms with van der Waals surface area (Å²) in [4.78, 5) is 11.0. The Hall–Kier alpha value is -2.66. The Labute approximate surface area is 164 Å². The summed E-state index contributed by atoms with van der Waals surface area (Å²) in [5.74, 6) is -0.757. The van der Waals surface area contributed by atoms with E-state index in [4.69, 9.17) is 9.47 Å². The second kappa shape index (κ2) is 9.70. The molecule has 0 spiro atoms. The normalized spacial score (nSPS) is 11.9. The van der Waals surface area contributed by atoms with Crippen LogP contribution in [0.1, 0.15) is 12.0 Å². The number of benzene rings is 2. The van der Waals surface area contributed by atoms with Gasteiger partial charge in [0.05, 0.1) is 16.9 Å². The SMILES string of the molecule is O=C(CCNS(=O)(=O)c1cccc(C(F)(F)F)c1)OCCOc1ccc(F)cc1. The Balaban J connectivity index is 1.74. The highest BCUT2D eigenvalue weighted by Gasteiger charge is 2.31. The van der Waals surface area contributed by atoms with Crippen molar-refractivity contribution in [2.45, 2.75) is 17.5 Å². The van der Waals surface area contributed by atoms with Gasteiger partial charge in [-0.1, -0.05) is 6.07 Å². The van der Waals surface area contributed by atoms with Crippen molar-refractivity contribution < 1.29 is 40.2 Å². The van der Waals surface area contributed by atoms with Crippen LogP contribution < -0.4 is 9.46 Å². The summed E-state index contributed by atoms with van der Waals surface area (Å²) in [5, 5.41) is 0. The van der Waals surface area contributed by atoms with E-state index in [9.17, 15) is 30.8 Å². The molecule has 0 aromatic heterocycles. The van der Waals surface area contributed by atoms with E-state index in [1.165, 1.54) is 24.3 Å². The minimum absolute atomic E-state index is 0.00728. The molecule has 0 unspecified atom stereocenters. The van der Waals surface area contributed by atoms with Crippen LogP contribution in [0, 0.1) is 5.82 Å². The third kappa shape index (κ3) is 7.35. The van der Waals surface area contributed by atoms with Crippen LogP contribution in [-0.4, -0.2) is 34.1 Å². The number of nitrogens with one attached hydrogen (secondary N) is 1. The molecule has 0 saturated heterocycles. The Bertz CT molecular complexity index is 930. The molecule has 0 amide bonds. The number of halogens is 4. The second-order valence-electron chi connectivity index (χ2n) is 5.70. The predicted octanol–water partition coefficient (Wildman–Crippen LogP) is 3.14. The Morgan fingerprint density at radius 1 is 1.03 bits per heavy atom. The lowest BCUT2D eigenvalue weighted by molar-refractivity contribution is -0.144. The maximum Gasteiger partial charge on any atom is 0.416 e. The fraction of sp³-hybridized carbons (Fsp3) is 0.278. The molecule has 0 aliphatic heterocycles. The number of carbonyl (C=O) groups excluding carboxylic acids is 1. The summed E-state index contributed by atoms with van der Waals surface area (Å²) >= 11 is 0. The van der Waals surface area contributed by atoms with Crippen molar-refractivity contribution in [1.82, 2.24) is 4.72 Å². The number of esters is 1. The molecular formula is C18H17F4NO5S. The van der Waals surface area contributed by atoms with Crippen molar-refractivity contribution in [2.75, 3.05) is 19.8 Å². The number of sulfonamides is 1. The molecule has 0 atom stereocenters. The van der Waals surface area contributed by atoms with Gasteiger partial charge in [0.2, 0.25) is 10.0 Å². The lowest BCUT2D eigenvalue weighted by atomic mass is 10.2. The van der Waals surface area contributed by atoms with Gasteiger partial charge < -0.3 is 9.47 Å². The molecule has 0 radical (unpaired) electrons. The fourth-order valence-corrected chi connectivity index (χ4v) is 3.21. The number of alkyl halides is 3. The van der Waals surface area contributed by atoms with Crippen LogP contribution in [0.4, 0.5) is 17.6 Å². The van der Waals surface area contributed by atoms with Gasteiger partial charge in [-0.3, -0.25) is 4.79 Å². The van der Waals surface area contributed by atoms with Gasteiger partial charge in [-0.2, -0.15) is 13.2 Å². The van der Waals surface area contributed by atoms with Gasteiger partial charge in [0, 0.05) is 6.54 Å². The van der Waals surface area contributed by atoms with Crippen molar-refractivity contribution in [3.8, 4) is 5.75 Å². The van der Waals surface area contributed by atoms with Crippen LogP contribution in [0.15, 0.2) is 53.4 Å². The minimum Gasteiger partial charge on any atom is -0.490 e. The summed E-state index contributed by atoms with van der Waals surface area (Å²) in [6.07, 6.45) is -5.00. The van der Waals surface area contributed by atoms with E-state index < -0.39 is 38.4 Å². The lowest BCUT2D eigenvalue weighted by Gasteiger charge is -2.10. The summed E-state index contributed by atoms with van der Waals surface area (Å²) in [6.45, 7) is -0.458. The molecule has 0 aliphatic rings. The maximum absolute atomic E-state index is 12.7. The Kier molecular flexibility index (Phi) is 7.57. The highest BCUT2D eigenvalue weighted by atomic mass is 32.2. The largest absolute Gasteiger partial charge is 0.490 e. The second-order valence-corrected chi connectivity index (χ2v) is 7.46. The van der Waals surface area contributed by atoms with Crippen LogP contribution in [-0.2, 0) is 25.7 Å². The number of hydrogen-bond acceptors (Lipinski definition) is 5. The molecule has 29 heavy (non-hydrogen) atoms. The first-order valence-electron chi connectivity index (χ1n) is 8.29. The summed E-state index contributed by atoms with van der Waals surface area (Å²) in [7, 11) is -4.22. The Morgan fingerprint density at radius 3 is 2.38 bits per heavy atom. The molecule has 0 aliphatic carbocycles. The summed E-state index contributed by atoms with van der Waals surface area (Å²) < 4.78 is 87.0. The first-order chi connectivity index (χ1) is 13.6. The fourth-order valence-electron chi connectivity index (χ4n) is 2.13. The molecule has 1 N–H and O–H groups in total. The number of ether oxygens (including phenoxy) is 2. The average molecular weight is 435 g/mol. The molecule has 6 nitrogen and oxygen atoms in total. The minimum atomic E-state index is -4.68. The van der Waals surface area contributed by atoms with Crippen molar-refractivity contribution in [2.24, 2.45) is 0 Å². The van der Waals surface area contributed by atoms with Crippen LogP contribution in [0.2, 0.25) is 0 Å². The third-order valence-electron chi connectivity index (χ3n) is 3.52.